The van der Waals surface area contributed by atoms with Gasteiger partial charge >= 0.3 is 0 Å². The molecule has 5 nitrogen and oxygen atoms in total. The van der Waals surface area contributed by atoms with Gasteiger partial charge in [0.2, 0.25) is 5.91 Å². The molecule has 1 saturated heterocycles. The Bertz CT molecular complexity index is 240. The molecule has 1 heterocycles. The van der Waals surface area contributed by atoms with Crippen molar-refractivity contribution in [3.8, 4) is 0 Å². The van der Waals surface area contributed by atoms with Gasteiger partial charge in [-0.3, -0.25) is 4.79 Å². The molecule has 0 spiro atoms. The van der Waals surface area contributed by atoms with Crippen LogP contribution in [0, 0.1) is 5.41 Å². The maximum atomic E-state index is 12.2. The van der Waals surface area contributed by atoms with Crippen molar-refractivity contribution in [2.45, 2.75) is 32.1 Å². The second-order valence-electron chi connectivity index (χ2n) is 4.91. The molecule has 0 atom stereocenters. The highest BCUT2D eigenvalue weighted by molar-refractivity contribution is 5.83. The Morgan fingerprint density at radius 3 is 2.67 bits per heavy atom. The topological polar surface area (TPSA) is 73.6 Å². The smallest absolute Gasteiger partial charge is 0.227 e. The van der Waals surface area contributed by atoms with Crippen LogP contribution in [0.2, 0.25) is 0 Å². The molecule has 106 valence electrons. The van der Waals surface area contributed by atoms with Crippen molar-refractivity contribution in [2.75, 3.05) is 40.0 Å². The minimum atomic E-state index is -0.398. The number of unbranched alkanes of at least 4 members (excludes halogenated alkanes) is 2. The highest BCUT2D eigenvalue weighted by Gasteiger charge is 2.38. The first-order chi connectivity index (χ1) is 8.75. The number of rotatable bonds is 8. The minimum absolute atomic E-state index is 0.0973. The monoisotopic (exact) mass is 258 g/mol. The Labute approximate surface area is 109 Å². The lowest BCUT2D eigenvalue weighted by molar-refractivity contribution is -0.135. The fourth-order valence-corrected chi connectivity index (χ4v) is 2.22. The summed E-state index contributed by atoms with van der Waals surface area (Å²) in [5.74, 6) is 0.0973. The van der Waals surface area contributed by atoms with Crippen LogP contribution in [0.1, 0.15) is 32.1 Å². The summed E-state index contributed by atoms with van der Waals surface area (Å²) in [6.07, 6.45) is 4.58. The molecular formula is C13H26N2O3. The Morgan fingerprint density at radius 2 is 2.06 bits per heavy atom. The first-order valence-corrected chi connectivity index (χ1v) is 6.80. The van der Waals surface area contributed by atoms with Crippen molar-refractivity contribution in [1.82, 2.24) is 5.32 Å². The molecule has 1 rings (SSSR count). The summed E-state index contributed by atoms with van der Waals surface area (Å²) < 4.78 is 10.3. The summed E-state index contributed by atoms with van der Waals surface area (Å²) in [5, 5.41) is 3.01. The molecule has 0 saturated carbocycles. The summed E-state index contributed by atoms with van der Waals surface area (Å²) >= 11 is 0. The van der Waals surface area contributed by atoms with Gasteiger partial charge < -0.3 is 20.5 Å². The van der Waals surface area contributed by atoms with Crippen molar-refractivity contribution < 1.29 is 14.3 Å². The van der Waals surface area contributed by atoms with Crippen LogP contribution in [-0.2, 0) is 14.3 Å². The molecule has 1 fully saturated rings. The molecule has 0 aromatic rings. The number of nitrogens with two attached hydrogens (primary N) is 1. The van der Waals surface area contributed by atoms with E-state index in [2.05, 4.69) is 5.32 Å². The highest BCUT2D eigenvalue weighted by Crippen LogP contribution is 2.29. The van der Waals surface area contributed by atoms with Gasteiger partial charge in [-0.15, -0.1) is 0 Å². The first kappa shape index (κ1) is 15.4. The number of hydrogen-bond acceptors (Lipinski definition) is 4. The molecule has 5 heteroatoms. The van der Waals surface area contributed by atoms with E-state index in [1.807, 2.05) is 0 Å². The van der Waals surface area contributed by atoms with E-state index in [1.165, 1.54) is 0 Å². The molecule has 0 bridgehead atoms. The molecule has 1 aliphatic rings. The third kappa shape index (κ3) is 4.55. The summed E-state index contributed by atoms with van der Waals surface area (Å²) in [7, 11) is 1.71. The predicted octanol–water partition coefficient (Wildman–Crippen LogP) is 0.675. The third-order valence-electron chi connectivity index (χ3n) is 3.63. The van der Waals surface area contributed by atoms with Gasteiger partial charge in [0.15, 0.2) is 0 Å². The van der Waals surface area contributed by atoms with E-state index in [9.17, 15) is 4.79 Å². The molecule has 0 radical (unpaired) electrons. The molecule has 3 N–H and O–H groups in total. The van der Waals surface area contributed by atoms with Gasteiger partial charge in [0.1, 0.15) is 0 Å². The van der Waals surface area contributed by atoms with Crippen molar-refractivity contribution >= 4 is 5.91 Å². The molecular weight excluding hydrogens is 232 g/mol. The predicted molar refractivity (Wildman–Crippen MR) is 70.3 cm³/mol. The van der Waals surface area contributed by atoms with E-state index in [0.717, 1.165) is 45.3 Å². The van der Waals surface area contributed by atoms with Gasteiger partial charge in [-0.25, -0.2) is 0 Å². The molecule has 0 aromatic heterocycles. The van der Waals surface area contributed by atoms with Crippen LogP contribution in [-0.4, -0.2) is 45.9 Å². The Hall–Kier alpha value is -0.650. The van der Waals surface area contributed by atoms with Gasteiger partial charge in [0.05, 0.1) is 5.41 Å². The van der Waals surface area contributed by atoms with Crippen LogP contribution >= 0.6 is 0 Å². The van der Waals surface area contributed by atoms with Crippen molar-refractivity contribution in [1.29, 1.82) is 0 Å². The van der Waals surface area contributed by atoms with E-state index >= 15 is 0 Å². The number of nitrogens with one attached hydrogen (secondary N) is 1. The van der Waals surface area contributed by atoms with Crippen LogP contribution in [0.25, 0.3) is 0 Å². The first-order valence-electron chi connectivity index (χ1n) is 6.80. The lowest BCUT2D eigenvalue weighted by Crippen LogP contribution is -2.49. The number of hydrogen-bond donors (Lipinski definition) is 2. The molecule has 1 aliphatic heterocycles. The number of methoxy groups -OCH3 is 1. The van der Waals surface area contributed by atoms with Crippen LogP contribution in [0.5, 0.6) is 0 Å². The van der Waals surface area contributed by atoms with Crippen molar-refractivity contribution in [3.63, 3.8) is 0 Å². The number of ether oxygens (including phenoxy) is 2. The average Bonchev–Trinajstić information content (AvgIpc) is 2.43. The van der Waals surface area contributed by atoms with E-state index in [4.69, 9.17) is 15.2 Å². The van der Waals surface area contributed by atoms with E-state index in [0.29, 0.717) is 19.8 Å². The SMILES string of the molecule is COCCCCCNC(=O)C1(CN)CCOCC1. The standard InChI is InChI=1S/C13H26N2O3/c1-17-8-4-2-3-7-15-12(16)13(11-14)5-9-18-10-6-13/h2-11,14H2,1H3,(H,15,16). The lowest BCUT2D eigenvalue weighted by atomic mass is 9.79. The lowest BCUT2D eigenvalue weighted by Gasteiger charge is -2.34. The van der Waals surface area contributed by atoms with E-state index in [1.54, 1.807) is 7.11 Å². The second-order valence-corrected chi connectivity index (χ2v) is 4.91. The van der Waals surface area contributed by atoms with Crippen molar-refractivity contribution in [3.05, 3.63) is 0 Å². The summed E-state index contributed by atoms with van der Waals surface area (Å²) in [4.78, 5) is 12.2. The fourth-order valence-electron chi connectivity index (χ4n) is 2.22. The van der Waals surface area contributed by atoms with Crippen LogP contribution in [0.3, 0.4) is 0 Å². The zero-order valence-corrected chi connectivity index (χ0v) is 11.4. The van der Waals surface area contributed by atoms with Gasteiger partial charge in [0.25, 0.3) is 0 Å². The Morgan fingerprint density at radius 1 is 1.33 bits per heavy atom. The maximum Gasteiger partial charge on any atom is 0.227 e. The second kappa shape index (κ2) is 8.45. The average molecular weight is 258 g/mol. The quantitative estimate of drug-likeness (QED) is 0.628. The normalized spacial score (nSPS) is 18.6. The molecule has 1 amide bonds. The highest BCUT2D eigenvalue weighted by atomic mass is 16.5. The molecule has 18 heavy (non-hydrogen) atoms. The van der Waals surface area contributed by atoms with Gasteiger partial charge in [-0.2, -0.15) is 0 Å². The van der Waals surface area contributed by atoms with Gasteiger partial charge in [0, 0.05) is 40.0 Å². The zero-order chi connectivity index (χ0) is 13.3. The molecule has 0 aliphatic carbocycles. The number of amides is 1. The Kier molecular flexibility index (Phi) is 7.23. The summed E-state index contributed by atoms with van der Waals surface area (Å²) in [6, 6.07) is 0. The van der Waals surface area contributed by atoms with Gasteiger partial charge in [-0.05, 0) is 32.1 Å². The summed E-state index contributed by atoms with van der Waals surface area (Å²) in [5.41, 5.74) is 5.38. The third-order valence-corrected chi connectivity index (χ3v) is 3.63. The zero-order valence-electron chi connectivity index (χ0n) is 11.4. The molecule has 0 aromatic carbocycles. The summed E-state index contributed by atoms with van der Waals surface area (Å²) in [6.45, 7) is 3.20. The van der Waals surface area contributed by atoms with E-state index in [-0.39, 0.29) is 5.91 Å². The van der Waals surface area contributed by atoms with Gasteiger partial charge in [-0.1, -0.05) is 0 Å². The molecule has 0 unspecified atom stereocenters. The van der Waals surface area contributed by atoms with Crippen LogP contribution in [0.15, 0.2) is 0 Å². The Balaban J connectivity index is 2.21. The maximum absolute atomic E-state index is 12.2. The number of carbonyl (C=O) groups is 1. The minimum Gasteiger partial charge on any atom is -0.385 e. The van der Waals surface area contributed by atoms with E-state index < -0.39 is 5.41 Å². The van der Waals surface area contributed by atoms with Crippen LogP contribution in [0.4, 0.5) is 0 Å². The van der Waals surface area contributed by atoms with Crippen molar-refractivity contribution in [2.24, 2.45) is 11.1 Å². The number of carbonyl (C=O) groups excluding carboxylic acids is 1. The largest absolute Gasteiger partial charge is 0.385 e. The fraction of sp³-hybridized carbons (Fsp3) is 0.923. The van der Waals surface area contributed by atoms with Crippen LogP contribution < -0.4 is 11.1 Å².